The monoisotopic (exact) mass is 903 g/mol. The van der Waals surface area contributed by atoms with Gasteiger partial charge in [0.05, 0.1) is 17.0 Å². The van der Waals surface area contributed by atoms with Crippen molar-refractivity contribution in [2.45, 2.75) is 149 Å². The Morgan fingerprint density at radius 3 is 1.83 bits per heavy atom. The highest BCUT2D eigenvalue weighted by Gasteiger charge is 2.50. The quantitative estimate of drug-likeness (QED) is 0.165. The van der Waals surface area contributed by atoms with E-state index in [0.717, 1.165) is 30.5 Å². The summed E-state index contributed by atoms with van der Waals surface area (Å²) in [7, 11) is 0. The van der Waals surface area contributed by atoms with Crippen LogP contribution >= 0.6 is 0 Å². The number of rotatable bonds is 3. The maximum absolute atomic E-state index is 7.64. The summed E-state index contributed by atoms with van der Waals surface area (Å²) in [5, 5.41) is 3.80. The summed E-state index contributed by atoms with van der Waals surface area (Å²) >= 11 is 0. The van der Waals surface area contributed by atoms with Gasteiger partial charge in [0.1, 0.15) is 5.58 Å². The van der Waals surface area contributed by atoms with E-state index in [0.29, 0.717) is 5.92 Å². The zero-order valence-corrected chi connectivity index (χ0v) is 43.3. The number of hydrogen-bond acceptors (Lipinski definition) is 3. The topological polar surface area (TPSA) is 19.6 Å². The molecule has 5 aliphatic rings. The van der Waals surface area contributed by atoms with Crippen molar-refractivity contribution in [3.63, 3.8) is 0 Å². The van der Waals surface area contributed by atoms with Gasteiger partial charge in [-0.2, -0.15) is 0 Å². The lowest BCUT2D eigenvalue weighted by atomic mass is 9.35. The summed E-state index contributed by atoms with van der Waals surface area (Å²) in [5.74, 6) is 0.362. The lowest BCUT2D eigenvalue weighted by Gasteiger charge is -2.45. The van der Waals surface area contributed by atoms with Crippen LogP contribution in [-0.4, -0.2) is 6.71 Å². The fraction of sp³-hybridized carbons (Fsp3) is 0.354. The Labute approximate surface area is 411 Å². The van der Waals surface area contributed by atoms with Crippen LogP contribution in [0.2, 0.25) is 0 Å². The highest BCUT2D eigenvalue weighted by Crippen LogP contribution is 2.58. The maximum atomic E-state index is 7.64. The SMILES string of the molecule is Cc1cc2c3c(c1)N(c1ccc4c(c1)C(C)(C)CCC4(C)C)c1c(oc4cc5c(cc14)C(C)(C)CCC5(C)C)B3c1ccc(C(C)C)cc1N2c1cccc2c1C(C)(C)c1cc3ccccc3cc1-2. The second kappa shape index (κ2) is 13.9. The first-order valence-corrected chi connectivity index (χ1v) is 26.0. The number of aryl methyl sites for hydroxylation is 1. The molecule has 346 valence electrons. The maximum Gasteiger partial charge on any atom is 0.297 e. The molecule has 2 aliphatic heterocycles. The van der Waals surface area contributed by atoms with Gasteiger partial charge in [0.25, 0.3) is 6.71 Å². The highest BCUT2D eigenvalue weighted by atomic mass is 16.3. The van der Waals surface area contributed by atoms with Crippen LogP contribution < -0.4 is 26.4 Å². The molecule has 7 aromatic carbocycles. The van der Waals surface area contributed by atoms with Crippen LogP contribution in [0.1, 0.15) is 159 Å². The summed E-state index contributed by atoms with van der Waals surface area (Å²) in [6.45, 7) is 31.3. The third-order valence-corrected chi connectivity index (χ3v) is 18.3. The molecule has 0 radical (unpaired) electrons. The van der Waals surface area contributed by atoms with E-state index in [1.807, 2.05) is 0 Å². The fourth-order valence-electron chi connectivity index (χ4n) is 14.0. The van der Waals surface area contributed by atoms with Gasteiger partial charge >= 0.3 is 0 Å². The molecule has 0 bridgehead atoms. The van der Waals surface area contributed by atoms with Crippen LogP contribution in [0.3, 0.4) is 0 Å². The lowest BCUT2D eigenvalue weighted by Crippen LogP contribution is -2.61. The van der Waals surface area contributed by atoms with Crippen molar-refractivity contribution in [3.05, 3.63) is 160 Å². The molecule has 0 unspecified atom stereocenters. The van der Waals surface area contributed by atoms with Crippen LogP contribution in [-0.2, 0) is 27.1 Å². The smallest absolute Gasteiger partial charge is 0.297 e. The molecule has 3 nitrogen and oxygen atoms in total. The Morgan fingerprint density at radius 2 is 1.14 bits per heavy atom. The van der Waals surface area contributed by atoms with Crippen LogP contribution in [0.25, 0.3) is 32.9 Å². The number of furan rings is 1. The second-order valence-electron chi connectivity index (χ2n) is 25.3. The lowest BCUT2D eigenvalue weighted by molar-refractivity contribution is 0.332. The van der Waals surface area contributed by atoms with Gasteiger partial charge in [-0.25, -0.2) is 0 Å². The van der Waals surface area contributed by atoms with Crippen LogP contribution in [0.15, 0.2) is 120 Å². The summed E-state index contributed by atoms with van der Waals surface area (Å²) in [5.41, 5.74) is 26.0. The van der Waals surface area contributed by atoms with Gasteiger partial charge in [0.2, 0.25) is 0 Å². The average Bonchev–Trinajstić information content (AvgIpc) is 3.79. The van der Waals surface area contributed by atoms with Crippen molar-refractivity contribution in [3.8, 4) is 11.1 Å². The standard InChI is InChI=1S/C65H67BN2O/c1-37(2)39-21-24-51-53(33-39)68(52-20-16-19-43-44-31-40-17-14-15-18-41(40)32-47(44)65(12,13)57(43)52)55-30-38(3)29-54-58(55)66(51)60-59(45-35-49-50(36-56(45)69-60)64(10,11)28-27-63(49,8)9)67(54)42-22-23-46-48(34-42)62(6,7)26-25-61(46,4)5/h14-24,29-37H,25-28H2,1-13H3. The molecule has 0 fully saturated rings. The molecule has 0 N–H and O–H groups in total. The average molecular weight is 903 g/mol. The molecule has 13 rings (SSSR count). The van der Waals surface area contributed by atoms with Crippen LogP contribution in [0.5, 0.6) is 0 Å². The predicted molar refractivity (Wildman–Crippen MR) is 295 cm³/mol. The molecule has 3 heterocycles. The summed E-state index contributed by atoms with van der Waals surface area (Å²) in [6, 6.07) is 45.7. The number of anilines is 6. The van der Waals surface area contributed by atoms with Gasteiger partial charge in [0.15, 0.2) is 0 Å². The van der Waals surface area contributed by atoms with E-state index in [-0.39, 0.29) is 33.8 Å². The van der Waals surface area contributed by atoms with E-state index in [9.17, 15) is 0 Å². The molecular weight excluding hydrogens is 836 g/mol. The van der Waals surface area contributed by atoms with Gasteiger partial charge in [0, 0.05) is 33.6 Å². The highest BCUT2D eigenvalue weighted by molar-refractivity contribution is 7.00. The Kier molecular flexibility index (Phi) is 8.65. The Morgan fingerprint density at radius 1 is 0.522 bits per heavy atom. The van der Waals surface area contributed by atoms with Crippen molar-refractivity contribution in [1.29, 1.82) is 0 Å². The Hall–Kier alpha value is -6.00. The summed E-state index contributed by atoms with van der Waals surface area (Å²) in [4.78, 5) is 5.31. The third-order valence-electron chi connectivity index (χ3n) is 18.3. The molecule has 0 saturated heterocycles. The zero-order chi connectivity index (χ0) is 48.1. The predicted octanol–water partition coefficient (Wildman–Crippen LogP) is 16.1. The molecule has 3 aliphatic carbocycles. The first kappa shape index (κ1) is 43.1. The van der Waals surface area contributed by atoms with Gasteiger partial charge in [-0.3, -0.25) is 0 Å². The third kappa shape index (κ3) is 5.87. The molecular formula is C65H67BN2O. The molecule has 69 heavy (non-hydrogen) atoms. The number of hydrogen-bond donors (Lipinski definition) is 0. The minimum absolute atomic E-state index is 0.0487. The van der Waals surface area contributed by atoms with E-state index in [2.05, 4.69) is 215 Å². The van der Waals surface area contributed by atoms with Gasteiger partial charge in [-0.1, -0.05) is 138 Å². The zero-order valence-electron chi connectivity index (χ0n) is 43.3. The van der Waals surface area contributed by atoms with Crippen molar-refractivity contribution >= 4 is 79.2 Å². The molecule has 0 atom stereocenters. The minimum Gasteiger partial charge on any atom is -0.468 e. The molecule has 0 spiro atoms. The Bertz CT molecular complexity index is 3560. The first-order chi connectivity index (χ1) is 32.7. The fourth-order valence-corrected chi connectivity index (χ4v) is 14.0. The first-order valence-electron chi connectivity index (χ1n) is 26.0. The molecule has 4 heteroatoms. The molecule has 0 saturated carbocycles. The minimum atomic E-state index is -0.246. The van der Waals surface area contributed by atoms with Crippen molar-refractivity contribution in [2.75, 3.05) is 9.80 Å². The van der Waals surface area contributed by atoms with E-state index >= 15 is 0 Å². The van der Waals surface area contributed by atoms with Gasteiger partial charge in [-0.05, 0) is 198 Å². The normalized spacial score (nSPS) is 19.2. The van der Waals surface area contributed by atoms with E-state index < -0.39 is 0 Å². The Balaban J connectivity index is 1.13. The van der Waals surface area contributed by atoms with Crippen molar-refractivity contribution < 1.29 is 4.42 Å². The molecule has 1 aromatic heterocycles. The van der Waals surface area contributed by atoms with E-state index in [1.165, 1.54) is 123 Å². The van der Waals surface area contributed by atoms with Gasteiger partial charge < -0.3 is 14.2 Å². The van der Waals surface area contributed by atoms with Crippen LogP contribution in [0.4, 0.5) is 34.1 Å². The van der Waals surface area contributed by atoms with Crippen molar-refractivity contribution in [1.82, 2.24) is 0 Å². The van der Waals surface area contributed by atoms with E-state index in [4.69, 9.17) is 4.42 Å². The summed E-state index contributed by atoms with van der Waals surface area (Å²) in [6.07, 6.45) is 4.67. The molecule has 0 amide bonds. The largest absolute Gasteiger partial charge is 0.468 e. The van der Waals surface area contributed by atoms with Gasteiger partial charge in [-0.15, -0.1) is 0 Å². The number of nitrogens with zero attached hydrogens (tertiary/aromatic N) is 2. The number of benzene rings is 7. The van der Waals surface area contributed by atoms with Crippen molar-refractivity contribution in [2.24, 2.45) is 0 Å². The number of fused-ring (bicyclic) bond motifs is 12. The van der Waals surface area contributed by atoms with E-state index in [1.54, 1.807) is 0 Å². The summed E-state index contributed by atoms with van der Waals surface area (Å²) < 4.78 is 7.64. The second-order valence-corrected chi connectivity index (χ2v) is 25.3. The van der Waals surface area contributed by atoms with Crippen LogP contribution in [0, 0.1) is 6.92 Å². The molecule has 8 aromatic rings.